The average molecular weight is 429 g/mol. The van der Waals surface area contributed by atoms with Crippen LogP contribution in [0.25, 0.3) is 0 Å². The van der Waals surface area contributed by atoms with Gasteiger partial charge in [-0.1, -0.05) is 48.0 Å². The number of amides is 1. The lowest BCUT2D eigenvalue weighted by molar-refractivity contribution is 0.0975. The smallest absolute Gasteiger partial charge is 0.330 e. The molecule has 9 heteroatoms. The highest BCUT2D eigenvalue weighted by molar-refractivity contribution is 6.31. The van der Waals surface area contributed by atoms with Crippen LogP contribution < -0.4 is 21.9 Å². The first-order valence-electron chi connectivity index (χ1n) is 9.15. The van der Waals surface area contributed by atoms with Gasteiger partial charge in [-0.2, -0.15) is 0 Å². The molecule has 2 aromatic carbocycles. The van der Waals surface area contributed by atoms with Gasteiger partial charge in [0, 0.05) is 24.2 Å². The molecule has 1 aromatic heterocycles. The summed E-state index contributed by atoms with van der Waals surface area (Å²) in [6.07, 6.45) is 0. The summed E-state index contributed by atoms with van der Waals surface area (Å²) in [5, 5.41) is 0.378. The van der Waals surface area contributed by atoms with Crippen molar-refractivity contribution in [2.24, 2.45) is 0 Å². The van der Waals surface area contributed by atoms with E-state index >= 15 is 0 Å². The topological polar surface area (TPSA) is 110 Å². The van der Waals surface area contributed by atoms with Crippen molar-refractivity contribution in [1.29, 1.82) is 0 Å². The fourth-order valence-corrected chi connectivity index (χ4v) is 3.23. The number of carbonyl (C=O) groups excluding carboxylic acids is 1. The molecule has 0 aliphatic rings. The predicted molar refractivity (Wildman–Crippen MR) is 116 cm³/mol. The van der Waals surface area contributed by atoms with Gasteiger partial charge in [0.2, 0.25) is 0 Å². The number of anilines is 2. The van der Waals surface area contributed by atoms with Gasteiger partial charge in [0.15, 0.2) is 5.69 Å². The zero-order valence-corrected chi connectivity index (χ0v) is 17.1. The molecule has 156 valence electrons. The number of H-pyrrole nitrogens is 1. The third-order valence-corrected chi connectivity index (χ3v) is 4.74. The van der Waals surface area contributed by atoms with E-state index in [9.17, 15) is 14.4 Å². The van der Waals surface area contributed by atoms with E-state index < -0.39 is 17.2 Å². The molecule has 0 saturated heterocycles. The molecule has 0 aliphatic heterocycles. The van der Waals surface area contributed by atoms with E-state index in [-0.39, 0.29) is 36.8 Å². The first-order chi connectivity index (χ1) is 14.4. The van der Waals surface area contributed by atoms with Crippen molar-refractivity contribution in [2.75, 3.05) is 30.9 Å². The van der Waals surface area contributed by atoms with Gasteiger partial charge in [-0.3, -0.25) is 24.0 Å². The van der Waals surface area contributed by atoms with Gasteiger partial charge in [-0.15, -0.1) is 0 Å². The van der Waals surface area contributed by atoms with Crippen LogP contribution in [0.4, 0.5) is 11.5 Å². The van der Waals surface area contributed by atoms with Gasteiger partial charge in [0.05, 0.1) is 13.2 Å². The summed E-state index contributed by atoms with van der Waals surface area (Å²) in [5.41, 5.74) is 5.79. The number of aromatic nitrogens is 2. The number of halogens is 1. The molecule has 0 bridgehead atoms. The van der Waals surface area contributed by atoms with Gasteiger partial charge >= 0.3 is 5.69 Å². The summed E-state index contributed by atoms with van der Waals surface area (Å²) in [7, 11) is 1.48. The standard InChI is InChI=1S/C21H21ClN4O4/c1-30-11-10-25(20(28)15-8-5-9-16(22)12-15)17-18(23)26(21(29)24-19(17)27)13-14-6-3-2-4-7-14/h2-9,12H,10-11,13,23H2,1H3,(H,24,27,29). The summed E-state index contributed by atoms with van der Waals surface area (Å²) < 4.78 is 6.31. The van der Waals surface area contributed by atoms with Crippen molar-refractivity contribution in [3.8, 4) is 0 Å². The Morgan fingerprint density at radius 1 is 1.17 bits per heavy atom. The van der Waals surface area contributed by atoms with E-state index in [2.05, 4.69) is 4.98 Å². The predicted octanol–water partition coefficient (Wildman–Crippen LogP) is 2.11. The van der Waals surface area contributed by atoms with Crippen LogP contribution in [0.1, 0.15) is 15.9 Å². The van der Waals surface area contributed by atoms with Crippen LogP contribution in [-0.4, -0.2) is 35.7 Å². The Labute approximate surface area is 177 Å². The van der Waals surface area contributed by atoms with Crippen molar-refractivity contribution >= 4 is 29.0 Å². The molecule has 30 heavy (non-hydrogen) atoms. The summed E-state index contributed by atoms with van der Waals surface area (Å²) in [5.74, 6) is -0.601. The maximum Gasteiger partial charge on any atom is 0.330 e. The molecular formula is C21H21ClN4O4. The zero-order chi connectivity index (χ0) is 21.7. The number of hydrogen-bond acceptors (Lipinski definition) is 5. The Morgan fingerprint density at radius 2 is 1.90 bits per heavy atom. The molecule has 0 radical (unpaired) electrons. The first kappa shape index (κ1) is 21.4. The second-order valence-corrected chi connectivity index (χ2v) is 6.96. The van der Waals surface area contributed by atoms with E-state index in [0.717, 1.165) is 5.56 Å². The van der Waals surface area contributed by atoms with Crippen LogP contribution in [0, 0.1) is 0 Å². The number of carbonyl (C=O) groups is 1. The lowest BCUT2D eigenvalue weighted by Gasteiger charge is -2.24. The molecule has 0 unspecified atom stereocenters. The number of nitrogens with two attached hydrogens (primary N) is 1. The maximum absolute atomic E-state index is 13.2. The van der Waals surface area contributed by atoms with Gasteiger partial charge in [0.1, 0.15) is 5.82 Å². The van der Waals surface area contributed by atoms with Crippen LogP contribution in [0.3, 0.4) is 0 Å². The molecule has 3 aromatic rings. The van der Waals surface area contributed by atoms with Crippen LogP contribution >= 0.6 is 11.6 Å². The number of benzene rings is 2. The van der Waals surface area contributed by atoms with Gasteiger partial charge in [-0.25, -0.2) is 4.79 Å². The summed E-state index contributed by atoms with van der Waals surface area (Å²) >= 11 is 6.01. The molecular weight excluding hydrogens is 408 g/mol. The Bertz CT molecular complexity index is 1160. The molecule has 0 spiro atoms. The molecule has 8 nitrogen and oxygen atoms in total. The number of methoxy groups -OCH3 is 1. The molecule has 0 fully saturated rings. The third-order valence-electron chi connectivity index (χ3n) is 4.50. The highest BCUT2D eigenvalue weighted by Gasteiger charge is 2.25. The van der Waals surface area contributed by atoms with Gasteiger partial charge in [-0.05, 0) is 23.8 Å². The lowest BCUT2D eigenvalue weighted by Crippen LogP contribution is -2.42. The Balaban J connectivity index is 2.11. The molecule has 0 saturated carbocycles. The number of hydrogen-bond donors (Lipinski definition) is 2. The Kier molecular flexibility index (Phi) is 6.71. The van der Waals surface area contributed by atoms with Crippen LogP contribution in [0.5, 0.6) is 0 Å². The minimum absolute atomic E-state index is 0.0542. The highest BCUT2D eigenvalue weighted by Crippen LogP contribution is 2.21. The van der Waals surface area contributed by atoms with Crippen molar-refractivity contribution in [1.82, 2.24) is 9.55 Å². The van der Waals surface area contributed by atoms with E-state index in [0.29, 0.717) is 5.02 Å². The molecule has 0 atom stereocenters. The number of aromatic amines is 1. The number of nitrogens with zero attached hydrogens (tertiary/aromatic N) is 2. The number of ether oxygens (including phenoxy) is 1. The van der Waals surface area contributed by atoms with E-state index in [1.807, 2.05) is 30.3 Å². The van der Waals surface area contributed by atoms with Crippen molar-refractivity contribution in [2.45, 2.75) is 6.54 Å². The van der Waals surface area contributed by atoms with Gasteiger partial charge < -0.3 is 10.5 Å². The van der Waals surface area contributed by atoms with Crippen LogP contribution in [0.2, 0.25) is 5.02 Å². The normalized spacial score (nSPS) is 10.7. The molecule has 1 heterocycles. The van der Waals surface area contributed by atoms with Crippen molar-refractivity contribution in [3.63, 3.8) is 0 Å². The van der Waals surface area contributed by atoms with Crippen molar-refractivity contribution < 1.29 is 9.53 Å². The first-order valence-corrected chi connectivity index (χ1v) is 9.53. The van der Waals surface area contributed by atoms with E-state index in [4.69, 9.17) is 22.1 Å². The molecule has 0 aliphatic carbocycles. The second kappa shape index (κ2) is 9.43. The largest absolute Gasteiger partial charge is 0.383 e. The fraction of sp³-hybridized carbons (Fsp3) is 0.190. The lowest BCUT2D eigenvalue weighted by atomic mass is 10.2. The summed E-state index contributed by atoms with van der Waals surface area (Å²) in [6.45, 7) is 0.348. The molecule has 3 rings (SSSR count). The Morgan fingerprint density at radius 3 is 2.57 bits per heavy atom. The second-order valence-electron chi connectivity index (χ2n) is 6.52. The van der Waals surface area contributed by atoms with Crippen molar-refractivity contribution in [3.05, 3.63) is 91.6 Å². The monoisotopic (exact) mass is 428 g/mol. The number of nitrogens with one attached hydrogen (secondary N) is 1. The van der Waals surface area contributed by atoms with Crippen LogP contribution in [0.15, 0.2) is 64.2 Å². The average Bonchev–Trinajstić information content (AvgIpc) is 2.73. The summed E-state index contributed by atoms with van der Waals surface area (Å²) in [6, 6.07) is 15.5. The summed E-state index contributed by atoms with van der Waals surface area (Å²) in [4.78, 5) is 41.7. The number of nitrogen functional groups attached to an aromatic ring is 1. The van der Waals surface area contributed by atoms with E-state index in [1.165, 1.54) is 22.6 Å². The van der Waals surface area contributed by atoms with Crippen LogP contribution in [-0.2, 0) is 11.3 Å². The Hall–Kier alpha value is -3.36. The minimum Gasteiger partial charge on any atom is -0.383 e. The van der Waals surface area contributed by atoms with Gasteiger partial charge in [0.25, 0.3) is 11.5 Å². The highest BCUT2D eigenvalue weighted by atomic mass is 35.5. The third kappa shape index (κ3) is 4.61. The zero-order valence-electron chi connectivity index (χ0n) is 16.3. The fourth-order valence-electron chi connectivity index (χ4n) is 3.04. The minimum atomic E-state index is -0.756. The SMILES string of the molecule is COCCN(C(=O)c1cccc(Cl)c1)c1c(N)n(Cc2ccccc2)c(=O)[nH]c1=O. The molecule has 3 N–H and O–H groups in total. The molecule has 1 amide bonds. The quantitative estimate of drug-likeness (QED) is 0.598. The van der Waals surface area contributed by atoms with E-state index in [1.54, 1.807) is 18.2 Å². The number of rotatable bonds is 7. The maximum atomic E-state index is 13.2.